The molecule has 0 saturated heterocycles. The van der Waals surface area contributed by atoms with Crippen molar-refractivity contribution in [1.82, 2.24) is 5.32 Å². The molecule has 2 nitrogen and oxygen atoms in total. The zero-order valence-corrected chi connectivity index (χ0v) is 10.6. The standard InChI is InChI=1S/C13H27NO/c1-11(2)12-6-4-7-13(10-12)14-8-5-9-15-3/h11-14H,4-10H2,1-3H3. The molecule has 1 aliphatic carbocycles. The lowest BCUT2D eigenvalue weighted by Crippen LogP contribution is -2.36. The highest BCUT2D eigenvalue weighted by Gasteiger charge is 2.23. The Kier molecular flexibility index (Phi) is 6.26. The van der Waals surface area contributed by atoms with Gasteiger partial charge in [-0.25, -0.2) is 0 Å². The van der Waals surface area contributed by atoms with E-state index in [0.717, 1.165) is 37.5 Å². The Morgan fingerprint density at radius 1 is 1.33 bits per heavy atom. The van der Waals surface area contributed by atoms with Gasteiger partial charge in [0, 0.05) is 19.8 Å². The third kappa shape index (κ3) is 4.98. The van der Waals surface area contributed by atoms with Crippen LogP contribution in [0.5, 0.6) is 0 Å². The lowest BCUT2D eigenvalue weighted by atomic mass is 9.79. The van der Waals surface area contributed by atoms with Crippen LogP contribution in [0.25, 0.3) is 0 Å². The van der Waals surface area contributed by atoms with Crippen molar-refractivity contribution >= 4 is 0 Å². The first-order valence-electron chi connectivity index (χ1n) is 6.46. The lowest BCUT2D eigenvalue weighted by molar-refractivity contribution is 0.187. The molecule has 1 fully saturated rings. The maximum Gasteiger partial charge on any atom is 0.0474 e. The van der Waals surface area contributed by atoms with Crippen LogP contribution in [-0.4, -0.2) is 26.3 Å². The van der Waals surface area contributed by atoms with Crippen molar-refractivity contribution in [3.63, 3.8) is 0 Å². The second-order valence-electron chi connectivity index (χ2n) is 5.17. The van der Waals surface area contributed by atoms with Crippen molar-refractivity contribution in [2.24, 2.45) is 11.8 Å². The Morgan fingerprint density at radius 2 is 2.13 bits per heavy atom. The molecule has 0 amide bonds. The van der Waals surface area contributed by atoms with Gasteiger partial charge in [0.1, 0.15) is 0 Å². The maximum atomic E-state index is 5.05. The zero-order valence-electron chi connectivity index (χ0n) is 10.6. The summed E-state index contributed by atoms with van der Waals surface area (Å²) in [6, 6.07) is 0.767. The molecule has 1 rings (SSSR count). The molecule has 0 aromatic rings. The molecule has 15 heavy (non-hydrogen) atoms. The highest BCUT2D eigenvalue weighted by molar-refractivity contribution is 4.79. The van der Waals surface area contributed by atoms with Gasteiger partial charge in [0.15, 0.2) is 0 Å². The molecule has 0 heterocycles. The number of rotatable bonds is 6. The first-order chi connectivity index (χ1) is 7.24. The number of nitrogens with one attached hydrogen (secondary N) is 1. The third-order valence-corrected chi connectivity index (χ3v) is 3.62. The molecule has 1 N–H and O–H groups in total. The quantitative estimate of drug-likeness (QED) is 0.685. The van der Waals surface area contributed by atoms with Crippen LogP contribution in [0.15, 0.2) is 0 Å². The van der Waals surface area contributed by atoms with E-state index in [1.165, 1.54) is 25.7 Å². The van der Waals surface area contributed by atoms with Crippen LogP contribution >= 0.6 is 0 Å². The van der Waals surface area contributed by atoms with Gasteiger partial charge in [0.05, 0.1) is 0 Å². The van der Waals surface area contributed by atoms with Crippen LogP contribution in [-0.2, 0) is 4.74 Å². The van der Waals surface area contributed by atoms with Gasteiger partial charge in [-0.3, -0.25) is 0 Å². The molecule has 0 bridgehead atoms. The van der Waals surface area contributed by atoms with Gasteiger partial charge in [-0.05, 0) is 37.6 Å². The number of methoxy groups -OCH3 is 1. The van der Waals surface area contributed by atoms with E-state index in [1.54, 1.807) is 7.11 Å². The Balaban J connectivity index is 2.13. The number of hydrogen-bond acceptors (Lipinski definition) is 2. The topological polar surface area (TPSA) is 21.3 Å². The minimum absolute atomic E-state index is 0.767. The molecule has 1 aliphatic rings. The summed E-state index contributed by atoms with van der Waals surface area (Å²) in [7, 11) is 1.77. The average Bonchev–Trinajstić information content (AvgIpc) is 2.25. The minimum Gasteiger partial charge on any atom is -0.385 e. The van der Waals surface area contributed by atoms with Crippen molar-refractivity contribution in [2.75, 3.05) is 20.3 Å². The van der Waals surface area contributed by atoms with Gasteiger partial charge in [0.25, 0.3) is 0 Å². The van der Waals surface area contributed by atoms with Gasteiger partial charge in [-0.2, -0.15) is 0 Å². The second kappa shape index (κ2) is 7.24. The molecule has 0 aromatic carbocycles. The van der Waals surface area contributed by atoms with E-state index < -0.39 is 0 Å². The predicted octanol–water partition coefficient (Wildman–Crippen LogP) is 2.83. The van der Waals surface area contributed by atoms with Crippen LogP contribution in [0, 0.1) is 11.8 Å². The highest BCUT2D eigenvalue weighted by atomic mass is 16.5. The molecular weight excluding hydrogens is 186 g/mol. The van der Waals surface area contributed by atoms with Gasteiger partial charge in [-0.1, -0.05) is 26.7 Å². The molecule has 0 aliphatic heterocycles. The van der Waals surface area contributed by atoms with Gasteiger partial charge in [0.2, 0.25) is 0 Å². The van der Waals surface area contributed by atoms with Crippen LogP contribution < -0.4 is 5.32 Å². The van der Waals surface area contributed by atoms with Crippen molar-refractivity contribution in [3.05, 3.63) is 0 Å². The van der Waals surface area contributed by atoms with E-state index in [1.807, 2.05) is 0 Å². The first-order valence-corrected chi connectivity index (χ1v) is 6.46. The molecule has 2 unspecified atom stereocenters. The summed E-state index contributed by atoms with van der Waals surface area (Å²) in [5.41, 5.74) is 0. The molecule has 0 spiro atoms. The summed E-state index contributed by atoms with van der Waals surface area (Å²) in [5.74, 6) is 1.80. The summed E-state index contributed by atoms with van der Waals surface area (Å²) < 4.78 is 5.05. The Morgan fingerprint density at radius 3 is 2.80 bits per heavy atom. The van der Waals surface area contributed by atoms with E-state index in [-0.39, 0.29) is 0 Å². The van der Waals surface area contributed by atoms with Gasteiger partial charge in [-0.15, -0.1) is 0 Å². The van der Waals surface area contributed by atoms with Crippen LogP contribution in [0.3, 0.4) is 0 Å². The molecule has 1 saturated carbocycles. The molecule has 2 heteroatoms. The summed E-state index contributed by atoms with van der Waals surface area (Å²) in [6.07, 6.45) is 6.74. The zero-order chi connectivity index (χ0) is 11.1. The molecule has 2 atom stereocenters. The largest absolute Gasteiger partial charge is 0.385 e. The number of hydrogen-bond donors (Lipinski definition) is 1. The Hall–Kier alpha value is -0.0800. The average molecular weight is 213 g/mol. The van der Waals surface area contributed by atoms with E-state index in [4.69, 9.17) is 4.74 Å². The molecule has 90 valence electrons. The molecular formula is C13H27NO. The normalized spacial score (nSPS) is 27.2. The highest BCUT2D eigenvalue weighted by Crippen LogP contribution is 2.29. The fraction of sp³-hybridized carbons (Fsp3) is 1.00. The maximum absolute atomic E-state index is 5.05. The first kappa shape index (κ1) is 13.0. The fourth-order valence-corrected chi connectivity index (χ4v) is 2.54. The smallest absolute Gasteiger partial charge is 0.0474 e. The number of ether oxygens (including phenoxy) is 1. The SMILES string of the molecule is COCCCNC1CCCC(C(C)C)C1. The summed E-state index contributed by atoms with van der Waals surface area (Å²) in [4.78, 5) is 0. The Labute approximate surface area is 94.8 Å². The lowest BCUT2D eigenvalue weighted by Gasteiger charge is -2.32. The Bertz CT molecular complexity index is 159. The molecule has 0 radical (unpaired) electrons. The van der Waals surface area contributed by atoms with E-state index in [2.05, 4.69) is 19.2 Å². The molecule has 0 aromatic heterocycles. The van der Waals surface area contributed by atoms with E-state index in [0.29, 0.717) is 0 Å². The van der Waals surface area contributed by atoms with Gasteiger partial charge >= 0.3 is 0 Å². The minimum atomic E-state index is 0.767. The van der Waals surface area contributed by atoms with E-state index >= 15 is 0 Å². The second-order valence-corrected chi connectivity index (χ2v) is 5.17. The van der Waals surface area contributed by atoms with Crippen molar-refractivity contribution < 1.29 is 4.74 Å². The summed E-state index contributed by atoms with van der Waals surface area (Å²) in [6.45, 7) is 6.71. The van der Waals surface area contributed by atoms with Crippen LogP contribution in [0.2, 0.25) is 0 Å². The third-order valence-electron chi connectivity index (χ3n) is 3.62. The summed E-state index contributed by atoms with van der Waals surface area (Å²) >= 11 is 0. The van der Waals surface area contributed by atoms with Gasteiger partial charge < -0.3 is 10.1 Å². The van der Waals surface area contributed by atoms with Crippen LogP contribution in [0.4, 0.5) is 0 Å². The predicted molar refractivity (Wildman–Crippen MR) is 65.1 cm³/mol. The summed E-state index contributed by atoms with van der Waals surface area (Å²) in [5, 5.41) is 3.66. The van der Waals surface area contributed by atoms with E-state index in [9.17, 15) is 0 Å². The fourth-order valence-electron chi connectivity index (χ4n) is 2.54. The van der Waals surface area contributed by atoms with Crippen molar-refractivity contribution in [2.45, 2.75) is 52.0 Å². The van der Waals surface area contributed by atoms with Crippen molar-refractivity contribution in [1.29, 1.82) is 0 Å². The monoisotopic (exact) mass is 213 g/mol. The van der Waals surface area contributed by atoms with Crippen LogP contribution in [0.1, 0.15) is 46.0 Å². The van der Waals surface area contributed by atoms with Crippen molar-refractivity contribution in [3.8, 4) is 0 Å².